The average Bonchev–Trinajstić information content (AvgIpc) is 3.07. The topological polar surface area (TPSA) is 58.4 Å². The molecule has 0 aromatic carbocycles. The van der Waals surface area contributed by atoms with Crippen LogP contribution in [0.25, 0.3) is 0 Å². The normalized spacial score (nSPS) is 20.6. The second kappa shape index (κ2) is 7.56. The van der Waals surface area contributed by atoms with Crippen molar-refractivity contribution in [3.8, 4) is 0 Å². The molecule has 2 aliphatic rings. The summed E-state index contributed by atoms with van der Waals surface area (Å²) in [5.41, 5.74) is 0. The summed E-state index contributed by atoms with van der Waals surface area (Å²) < 4.78 is 0. The molecule has 3 rings (SSSR count). The van der Waals surface area contributed by atoms with E-state index in [9.17, 15) is 10.1 Å². The van der Waals surface area contributed by atoms with Gasteiger partial charge in [0.05, 0.1) is 4.92 Å². The summed E-state index contributed by atoms with van der Waals surface area (Å²) in [6, 6.07) is 4.01. The Bertz CT molecular complexity index is 448. The van der Waals surface area contributed by atoms with Gasteiger partial charge < -0.3 is 5.32 Å². The molecule has 0 spiro atoms. The molecule has 0 bridgehead atoms. The first-order valence-electron chi connectivity index (χ1n) is 6.44. The van der Waals surface area contributed by atoms with Gasteiger partial charge in [-0.15, -0.1) is 24.8 Å². The molecule has 114 valence electrons. The molecule has 1 aromatic heterocycles. The van der Waals surface area contributed by atoms with Crippen LogP contribution in [0, 0.1) is 16.0 Å². The lowest BCUT2D eigenvalue weighted by atomic mass is 10.1. The molecule has 2 heterocycles. The predicted molar refractivity (Wildman–Crippen MR) is 85.4 cm³/mol. The Morgan fingerprint density at radius 2 is 1.95 bits per heavy atom. The fraction of sp³-hybridized carbons (Fsp3) is 0.667. The van der Waals surface area contributed by atoms with Crippen molar-refractivity contribution in [3.05, 3.63) is 27.1 Å². The predicted octanol–water partition coefficient (Wildman–Crippen LogP) is 2.86. The van der Waals surface area contributed by atoms with E-state index in [1.807, 2.05) is 6.07 Å². The van der Waals surface area contributed by atoms with Gasteiger partial charge in [-0.25, -0.2) is 0 Å². The number of piperazine rings is 1. The van der Waals surface area contributed by atoms with E-state index < -0.39 is 0 Å². The zero-order valence-electron chi connectivity index (χ0n) is 11.0. The lowest BCUT2D eigenvalue weighted by molar-refractivity contribution is -0.380. The van der Waals surface area contributed by atoms with Crippen molar-refractivity contribution in [2.45, 2.75) is 18.9 Å². The molecule has 1 aliphatic heterocycles. The van der Waals surface area contributed by atoms with E-state index in [0.717, 1.165) is 26.2 Å². The maximum atomic E-state index is 10.8. The second-order valence-electron chi connectivity index (χ2n) is 5.00. The summed E-state index contributed by atoms with van der Waals surface area (Å²) in [4.78, 5) is 14.2. The fourth-order valence-electron chi connectivity index (χ4n) is 2.68. The van der Waals surface area contributed by atoms with E-state index in [-0.39, 0.29) is 34.7 Å². The van der Waals surface area contributed by atoms with Crippen LogP contribution in [0.5, 0.6) is 0 Å². The third kappa shape index (κ3) is 3.83. The van der Waals surface area contributed by atoms with E-state index in [2.05, 4.69) is 10.2 Å². The largest absolute Gasteiger partial charge is 0.324 e. The maximum absolute atomic E-state index is 10.8. The Morgan fingerprint density at radius 3 is 2.45 bits per heavy atom. The lowest BCUT2D eigenvalue weighted by Crippen LogP contribution is -2.45. The highest BCUT2D eigenvalue weighted by molar-refractivity contribution is 7.15. The SMILES string of the molecule is Cl.Cl.O=[N+]([O-])c1ccc([C@@H](C2CC2)N2CCNCC2)s1. The van der Waals surface area contributed by atoms with Gasteiger partial charge in [-0.1, -0.05) is 11.3 Å². The van der Waals surface area contributed by atoms with Gasteiger partial charge in [0.1, 0.15) is 0 Å². The molecule has 1 saturated carbocycles. The molecule has 1 atom stereocenters. The van der Waals surface area contributed by atoms with E-state index >= 15 is 0 Å². The first kappa shape index (κ1) is 17.7. The Balaban J connectivity index is 0.000001000. The van der Waals surface area contributed by atoms with Gasteiger partial charge in [-0.2, -0.15) is 0 Å². The van der Waals surface area contributed by atoms with Crippen molar-refractivity contribution < 1.29 is 4.92 Å². The van der Waals surface area contributed by atoms with Gasteiger partial charge >= 0.3 is 5.00 Å². The molecule has 0 amide bonds. The quantitative estimate of drug-likeness (QED) is 0.676. The first-order valence-corrected chi connectivity index (χ1v) is 7.26. The van der Waals surface area contributed by atoms with Gasteiger partial charge in [0, 0.05) is 43.2 Å². The molecule has 1 aliphatic carbocycles. The lowest BCUT2D eigenvalue weighted by Gasteiger charge is -2.34. The van der Waals surface area contributed by atoms with Crippen LogP contribution in [0.2, 0.25) is 0 Å². The Hall–Kier alpha value is -0.400. The molecular weight excluding hydrogens is 321 g/mol. The highest BCUT2D eigenvalue weighted by atomic mass is 35.5. The van der Waals surface area contributed by atoms with Crippen LogP contribution in [0.15, 0.2) is 12.1 Å². The van der Waals surface area contributed by atoms with E-state index in [4.69, 9.17) is 0 Å². The average molecular weight is 340 g/mol. The van der Waals surface area contributed by atoms with Crippen LogP contribution in [-0.4, -0.2) is 36.0 Å². The Kier molecular flexibility index (Phi) is 6.68. The van der Waals surface area contributed by atoms with Gasteiger partial charge in [0.25, 0.3) is 0 Å². The summed E-state index contributed by atoms with van der Waals surface area (Å²) >= 11 is 1.35. The third-order valence-electron chi connectivity index (χ3n) is 3.70. The van der Waals surface area contributed by atoms with Crippen LogP contribution >= 0.6 is 36.2 Å². The zero-order valence-corrected chi connectivity index (χ0v) is 13.4. The minimum Gasteiger partial charge on any atom is -0.314 e. The number of hydrogen-bond donors (Lipinski definition) is 1. The van der Waals surface area contributed by atoms with Crippen molar-refractivity contribution in [3.63, 3.8) is 0 Å². The summed E-state index contributed by atoms with van der Waals surface area (Å²) in [5.74, 6) is 0.710. The highest BCUT2D eigenvalue weighted by Crippen LogP contribution is 2.47. The number of nitrogens with zero attached hydrogens (tertiary/aromatic N) is 2. The third-order valence-corrected chi connectivity index (χ3v) is 4.81. The standard InChI is InChI=1S/C12H17N3O2S.2ClH/c16-15(17)11-4-3-10(18-11)12(9-1-2-9)14-7-5-13-6-8-14;;/h3-4,9,12-13H,1-2,5-8H2;2*1H/t12-;;/m1../s1. The minimum atomic E-state index is -0.282. The zero-order chi connectivity index (χ0) is 12.5. The maximum Gasteiger partial charge on any atom is 0.324 e. The molecular formula is C12H19Cl2N3O2S. The van der Waals surface area contributed by atoms with Crippen molar-refractivity contribution in [1.82, 2.24) is 10.2 Å². The fourth-order valence-corrected chi connectivity index (χ4v) is 3.73. The monoisotopic (exact) mass is 339 g/mol. The molecule has 0 radical (unpaired) electrons. The number of nitrogens with one attached hydrogen (secondary N) is 1. The minimum absolute atomic E-state index is 0. The highest BCUT2D eigenvalue weighted by Gasteiger charge is 2.38. The number of hydrogen-bond acceptors (Lipinski definition) is 5. The molecule has 0 unspecified atom stereocenters. The number of halogens is 2. The van der Waals surface area contributed by atoms with Gasteiger partial charge in [0.2, 0.25) is 0 Å². The Morgan fingerprint density at radius 1 is 1.30 bits per heavy atom. The van der Waals surface area contributed by atoms with Crippen LogP contribution in [0.3, 0.4) is 0 Å². The van der Waals surface area contributed by atoms with E-state index in [1.165, 1.54) is 29.1 Å². The van der Waals surface area contributed by atoms with Crippen LogP contribution < -0.4 is 5.32 Å². The van der Waals surface area contributed by atoms with Crippen molar-refractivity contribution >= 4 is 41.2 Å². The van der Waals surface area contributed by atoms with Gasteiger partial charge in [-0.05, 0) is 24.8 Å². The molecule has 1 saturated heterocycles. The van der Waals surface area contributed by atoms with Gasteiger partial charge in [-0.3, -0.25) is 15.0 Å². The van der Waals surface area contributed by atoms with Crippen molar-refractivity contribution in [1.29, 1.82) is 0 Å². The molecule has 1 aromatic rings. The number of thiophene rings is 1. The van der Waals surface area contributed by atoms with Crippen LogP contribution in [-0.2, 0) is 0 Å². The van der Waals surface area contributed by atoms with Gasteiger partial charge in [0.15, 0.2) is 0 Å². The summed E-state index contributed by atoms with van der Waals surface area (Å²) in [6.07, 6.45) is 2.53. The summed E-state index contributed by atoms with van der Waals surface area (Å²) in [6.45, 7) is 4.15. The summed E-state index contributed by atoms with van der Waals surface area (Å²) in [7, 11) is 0. The van der Waals surface area contributed by atoms with Crippen molar-refractivity contribution in [2.75, 3.05) is 26.2 Å². The van der Waals surface area contributed by atoms with Crippen molar-refractivity contribution in [2.24, 2.45) is 5.92 Å². The molecule has 20 heavy (non-hydrogen) atoms. The smallest absolute Gasteiger partial charge is 0.314 e. The first-order chi connectivity index (χ1) is 8.75. The van der Waals surface area contributed by atoms with Crippen LogP contribution in [0.1, 0.15) is 23.8 Å². The second-order valence-corrected chi connectivity index (χ2v) is 6.10. The Labute approximate surface area is 134 Å². The number of rotatable bonds is 4. The van der Waals surface area contributed by atoms with E-state index in [1.54, 1.807) is 6.07 Å². The number of nitro groups is 1. The molecule has 8 heteroatoms. The molecule has 2 fully saturated rings. The molecule has 5 nitrogen and oxygen atoms in total. The van der Waals surface area contributed by atoms with Crippen LogP contribution in [0.4, 0.5) is 5.00 Å². The van der Waals surface area contributed by atoms with E-state index in [0.29, 0.717) is 12.0 Å². The summed E-state index contributed by atoms with van der Waals surface area (Å²) in [5, 5.41) is 14.4. The molecule has 1 N–H and O–H groups in total.